The molecule has 0 bridgehead atoms. The number of nitrogens with one attached hydrogen (secondary N) is 1. The lowest BCUT2D eigenvalue weighted by molar-refractivity contribution is 0.0442. The van der Waals surface area contributed by atoms with Crippen molar-refractivity contribution in [2.45, 2.75) is 23.3 Å². The van der Waals surface area contributed by atoms with Gasteiger partial charge < -0.3 is 10.1 Å². The molecule has 5 nitrogen and oxygen atoms in total. The lowest BCUT2D eigenvalue weighted by atomic mass is 9.92. The molecule has 1 aromatic rings. The molecule has 1 fully saturated rings. The second-order valence-electron chi connectivity index (χ2n) is 5.28. The first-order valence-electron chi connectivity index (χ1n) is 6.63. The van der Waals surface area contributed by atoms with Crippen LogP contribution in [0.4, 0.5) is 0 Å². The molecule has 0 radical (unpaired) electrons. The fourth-order valence-electron chi connectivity index (χ4n) is 2.24. The first-order valence-corrected chi connectivity index (χ1v) is 9.64. The van der Waals surface area contributed by atoms with Gasteiger partial charge in [-0.05, 0) is 31.0 Å². The van der Waals surface area contributed by atoms with Crippen LogP contribution in [0.3, 0.4) is 0 Å². The molecule has 1 N–H and O–H groups in total. The Balaban J connectivity index is 2.20. The van der Waals surface area contributed by atoms with E-state index in [4.69, 9.17) is 4.74 Å². The number of hydrogen-bond donors (Lipinski definition) is 1. The molecule has 1 amide bonds. The second kappa shape index (κ2) is 6.46. The van der Waals surface area contributed by atoms with Crippen LogP contribution in [0.1, 0.15) is 23.2 Å². The third-order valence-corrected chi connectivity index (χ3v) is 5.79. The van der Waals surface area contributed by atoms with E-state index in [1.807, 2.05) is 0 Å². The van der Waals surface area contributed by atoms with Gasteiger partial charge in [0, 0.05) is 30.4 Å². The predicted molar refractivity (Wildman–Crippen MR) is 83.6 cm³/mol. The highest BCUT2D eigenvalue weighted by Gasteiger charge is 2.33. The number of rotatable bonds is 4. The molecule has 1 aliphatic rings. The van der Waals surface area contributed by atoms with E-state index in [0.29, 0.717) is 24.1 Å². The van der Waals surface area contributed by atoms with Gasteiger partial charge >= 0.3 is 0 Å². The monoisotopic (exact) mass is 375 g/mol. The summed E-state index contributed by atoms with van der Waals surface area (Å²) in [6.45, 7) is 1.21. The van der Waals surface area contributed by atoms with E-state index in [1.165, 1.54) is 12.1 Å². The molecule has 2 rings (SSSR count). The van der Waals surface area contributed by atoms with Gasteiger partial charge in [-0.3, -0.25) is 4.79 Å². The number of carbonyl (C=O) groups excluding carboxylic acids is 1. The molecule has 0 saturated carbocycles. The van der Waals surface area contributed by atoms with E-state index in [-0.39, 0.29) is 16.3 Å². The SMILES string of the molecule is CS(=O)(=O)c1cccc(C(=O)NC2(CBr)CCOCC2)c1. The van der Waals surface area contributed by atoms with Crippen LogP contribution in [0.15, 0.2) is 29.2 Å². The van der Waals surface area contributed by atoms with Gasteiger partial charge in [-0.2, -0.15) is 0 Å². The number of benzene rings is 1. The topological polar surface area (TPSA) is 72.5 Å². The smallest absolute Gasteiger partial charge is 0.251 e. The summed E-state index contributed by atoms with van der Waals surface area (Å²) >= 11 is 3.45. The number of amides is 1. The average molecular weight is 376 g/mol. The minimum Gasteiger partial charge on any atom is -0.381 e. The molecule has 0 spiro atoms. The molecule has 21 heavy (non-hydrogen) atoms. The molecule has 1 aliphatic heterocycles. The highest BCUT2D eigenvalue weighted by atomic mass is 79.9. The van der Waals surface area contributed by atoms with Crippen molar-refractivity contribution >= 4 is 31.7 Å². The number of hydrogen-bond acceptors (Lipinski definition) is 4. The predicted octanol–water partition coefficient (Wildman–Crippen LogP) is 1.76. The zero-order chi connectivity index (χ0) is 15.5. The van der Waals surface area contributed by atoms with Crippen molar-refractivity contribution in [3.05, 3.63) is 29.8 Å². The van der Waals surface area contributed by atoms with Crippen molar-refractivity contribution in [1.29, 1.82) is 0 Å². The van der Waals surface area contributed by atoms with E-state index in [1.54, 1.807) is 12.1 Å². The van der Waals surface area contributed by atoms with Crippen molar-refractivity contribution in [3.8, 4) is 0 Å². The number of ether oxygens (including phenoxy) is 1. The molecular weight excluding hydrogens is 358 g/mol. The Bertz CT molecular complexity index is 624. The second-order valence-corrected chi connectivity index (χ2v) is 7.86. The summed E-state index contributed by atoms with van der Waals surface area (Å²) in [4.78, 5) is 12.5. The van der Waals surface area contributed by atoms with E-state index >= 15 is 0 Å². The quantitative estimate of drug-likeness (QED) is 0.813. The van der Waals surface area contributed by atoms with Crippen molar-refractivity contribution < 1.29 is 17.9 Å². The molecule has 1 aromatic carbocycles. The van der Waals surface area contributed by atoms with Crippen LogP contribution in [0, 0.1) is 0 Å². The van der Waals surface area contributed by atoms with Crippen LogP contribution in [-0.2, 0) is 14.6 Å². The Kier molecular flexibility index (Phi) is 5.06. The van der Waals surface area contributed by atoms with Crippen LogP contribution < -0.4 is 5.32 Å². The van der Waals surface area contributed by atoms with Gasteiger partial charge in [-0.15, -0.1) is 0 Å². The Morgan fingerprint density at radius 2 is 2.05 bits per heavy atom. The normalized spacial score (nSPS) is 18.2. The maximum atomic E-state index is 12.4. The summed E-state index contributed by atoms with van der Waals surface area (Å²) in [7, 11) is -3.32. The maximum Gasteiger partial charge on any atom is 0.251 e. The number of sulfone groups is 1. The first-order chi connectivity index (χ1) is 9.86. The Hall–Kier alpha value is -0.920. The summed E-state index contributed by atoms with van der Waals surface area (Å²) in [5.74, 6) is -0.262. The molecule has 1 heterocycles. The first kappa shape index (κ1) is 16.5. The lowest BCUT2D eigenvalue weighted by Gasteiger charge is -2.36. The average Bonchev–Trinajstić information content (AvgIpc) is 2.47. The zero-order valence-electron chi connectivity index (χ0n) is 11.8. The van der Waals surface area contributed by atoms with Crippen LogP contribution in [0.25, 0.3) is 0 Å². The fraction of sp³-hybridized carbons (Fsp3) is 0.500. The van der Waals surface area contributed by atoms with Crippen LogP contribution in [0.2, 0.25) is 0 Å². The van der Waals surface area contributed by atoms with Gasteiger partial charge in [0.1, 0.15) is 0 Å². The number of carbonyl (C=O) groups is 1. The van der Waals surface area contributed by atoms with Crippen molar-refractivity contribution in [3.63, 3.8) is 0 Å². The van der Waals surface area contributed by atoms with Gasteiger partial charge in [-0.25, -0.2) is 8.42 Å². The Morgan fingerprint density at radius 3 is 2.62 bits per heavy atom. The standard InChI is InChI=1S/C14H18BrNO4S/c1-21(18,19)12-4-2-3-11(9-12)13(17)16-14(10-15)5-7-20-8-6-14/h2-4,9H,5-8,10H2,1H3,(H,16,17). The van der Waals surface area contributed by atoms with E-state index < -0.39 is 9.84 Å². The zero-order valence-corrected chi connectivity index (χ0v) is 14.2. The fourth-order valence-corrected chi connectivity index (χ4v) is 3.60. The highest BCUT2D eigenvalue weighted by Crippen LogP contribution is 2.24. The van der Waals surface area contributed by atoms with Gasteiger partial charge in [0.05, 0.1) is 10.4 Å². The van der Waals surface area contributed by atoms with Crippen LogP contribution in [-0.4, -0.2) is 44.7 Å². The summed E-state index contributed by atoms with van der Waals surface area (Å²) < 4.78 is 28.4. The van der Waals surface area contributed by atoms with Crippen LogP contribution in [0.5, 0.6) is 0 Å². The summed E-state index contributed by atoms with van der Waals surface area (Å²) in [5.41, 5.74) is 0.0147. The largest absolute Gasteiger partial charge is 0.381 e. The third kappa shape index (κ3) is 4.05. The van der Waals surface area contributed by atoms with Crippen LogP contribution >= 0.6 is 15.9 Å². The maximum absolute atomic E-state index is 12.4. The van der Waals surface area contributed by atoms with Crippen molar-refractivity contribution in [2.24, 2.45) is 0 Å². The Labute approximate surface area is 133 Å². The minimum absolute atomic E-state index is 0.148. The molecule has 1 saturated heterocycles. The lowest BCUT2D eigenvalue weighted by Crippen LogP contribution is -2.53. The number of halogens is 1. The number of alkyl halides is 1. The van der Waals surface area contributed by atoms with E-state index in [9.17, 15) is 13.2 Å². The van der Waals surface area contributed by atoms with Gasteiger partial charge in [0.2, 0.25) is 0 Å². The molecule has 0 aliphatic carbocycles. The molecule has 0 atom stereocenters. The third-order valence-electron chi connectivity index (χ3n) is 3.61. The highest BCUT2D eigenvalue weighted by molar-refractivity contribution is 9.09. The molecule has 116 valence electrons. The minimum atomic E-state index is -3.32. The summed E-state index contributed by atoms with van der Waals surface area (Å²) in [6, 6.07) is 6.09. The van der Waals surface area contributed by atoms with Gasteiger partial charge in [0.25, 0.3) is 5.91 Å². The van der Waals surface area contributed by atoms with E-state index in [0.717, 1.165) is 19.1 Å². The molecule has 0 unspecified atom stereocenters. The molecule has 0 aromatic heterocycles. The summed E-state index contributed by atoms with van der Waals surface area (Å²) in [5, 5.41) is 3.66. The molecule has 7 heteroatoms. The van der Waals surface area contributed by atoms with E-state index in [2.05, 4.69) is 21.2 Å². The molecular formula is C14H18BrNO4S. The van der Waals surface area contributed by atoms with Crippen molar-refractivity contribution in [2.75, 3.05) is 24.8 Å². The summed E-state index contributed by atoms with van der Waals surface area (Å²) in [6.07, 6.45) is 2.59. The Morgan fingerprint density at radius 1 is 1.38 bits per heavy atom. The van der Waals surface area contributed by atoms with Crippen molar-refractivity contribution in [1.82, 2.24) is 5.32 Å². The van der Waals surface area contributed by atoms with Gasteiger partial charge in [0.15, 0.2) is 9.84 Å². The van der Waals surface area contributed by atoms with Gasteiger partial charge in [-0.1, -0.05) is 22.0 Å².